The van der Waals surface area contributed by atoms with E-state index in [-0.39, 0.29) is 11.3 Å². The minimum Gasteiger partial charge on any atom is -0.507 e. The maximum atomic E-state index is 13.3. The fraction of sp³-hybridized carbons (Fsp3) is 0.467. The number of nitrogens with zero attached hydrogens (tertiary/aromatic N) is 2. The SMILES string of the molecule is CCCCN(CCCC)CCCN1C(=O)C(=O)C(=C(O)c2ccc(Cl)cc2)[C@@H]1c1ccc(OC)c(OC)c1. The van der Waals surface area contributed by atoms with Crippen LogP contribution in [0.2, 0.25) is 5.02 Å². The highest BCUT2D eigenvalue weighted by Gasteiger charge is 2.46. The highest BCUT2D eigenvalue weighted by Crippen LogP contribution is 2.42. The number of amides is 1. The largest absolute Gasteiger partial charge is 0.507 e. The number of ketones is 1. The van der Waals surface area contributed by atoms with Crippen LogP contribution >= 0.6 is 11.6 Å². The number of aliphatic hydroxyl groups excluding tert-OH is 1. The molecule has 0 spiro atoms. The van der Waals surface area contributed by atoms with Crippen molar-refractivity contribution in [2.45, 2.75) is 52.0 Å². The number of halogens is 1. The van der Waals surface area contributed by atoms with Crippen LogP contribution in [0.25, 0.3) is 5.76 Å². The Morgan fingerprint density at radius 2 is 1.53 bits per heavy atom. The van der Waals surface area contributed by atoms with Gasteiger partial charge in [-0.3, -0.25) is 9.59 Å². The van der Waals surface area contributed by atoms with Crippen molar-refractivity contribution < 1.29 is 24.2 Å². The summed E-state index contributed by atoms with van der Waals surface area (Å²) in [6.07, 6.45) is 5.22. The zero-order valence-electron chi connectivity index (χ0n) is 22.8. The number of methoxy groups -OCH3 is 2. The molecule has 0 saturated carbocycles. The number of unbranched alkanes of at least 4 members (excludes halogenated alkanes) is 2. The maximum Gasteiger partial charge on any atom is 0.295 e. The third-order valence-corrected chi connectivity index (χ3v) is 7.16. The topological polar surface area (TPSA) is 79.3 Å². The van der Waals surface area contributed by atoms with Crippen LogP contribution < -0.4 is 9.47 Å². The fourth-order valence-corrected chi connectivity index (χ4v) is 4.93. The van der Waals surface area contributed by atoms with Crippen molar-refractivity contribution in [3.63, 3.8) is 0 Å². The molecule has 1 fully saturated rings. The van der Waals surface area contributed by atoms with E-state index < -0.39 is 17.7 Å². The molecule has 2 aromatic carbocycles. The van der Waals surface area contributed by atoms with E-state index in [4.69, 9.17) is 21.1 Å². The molecule has 206 valence electrons. The number of Topliss-reactive ketones (excluding diaryl/α,β-unsaturated/α-hetero) is 1. The lowest BCUT2D eigenvalue weighted by Crippen LogP contribution is -2.34. The molecule has 0 radical (unpaired) electrons. The highest BCUT2D eigenvalue weighted by atomic mass is 35.5. The minimum atomic E-state index is -0.759. The summed E-state index contributed by atoms with van der Waals surface area (Å²) >= 11 is 6.03. The second kappa shape index (κ2) is 14.2. The molecule has 0 aliphatic carbocycles. The summed E-state index contributed by atoms with van der Waals surface area (Å²) in [6.45, 7) is 7.62. The average Bonchev–Trinajstić information content (AvgIpc) is 3.18. The number of ether oxygens (including phenoxy) is 2. The first-order valence-corrected chi connectivity index (χ1v) is 13.7. The first-order valence-electron chi connectivity index (χ1n) is 13.3. The Labute approximate surface area is 231 Å². The molecule has 2 aromatic rings. The molecule has 1 atom stereocenters. The molecule has 3 rings (SSSR count). The van der Waals surface area contributed by atoms with Gasteiger partial charge in [-0.05, 0) is 80.9 Å². The van der Waals surface area contributed by atoms with Crippen molar-refractivity contribution in [1.29, 1.82) is 0 Å². The molecule has 0 aromatic heterocycles. The molecule has 1 aliphatic rings. The zero-order chi connectivity index (χ0) is 27.7. The standard InChI is InChI=1S/C30H39ClN2O5/c1-5-7-16-32(17-8-6-2)18-9-19-33-27(22-12-15-24(37-3)25(20-22)38-4)26(29(35)30(33)36)28(34)21-10-13-23(31)14-11-21/h10-15,20,27,34H,5-9,16-19H2,1-4H3/t27-/m0/s1. The number of hydrogen-bond donors (Lipinski definition) is 1. The molecule has 8 heteroatoms. The summed E-state index contributed by atoms with van der Waals surface area (Å²) in [4.78, 5) is 30.7. The van der Waals surface area contributed by atoms with Crippen LogP contribution in [-0.4, -0.2) is 67.0 Å². The normalized spacial score (nSPS) is 16.9. The number of likely N-dealkylation sites (tertiary alicyclic amines) is 1. The minimum absolute atomic E-state index is 0.0540. The molecule has 1 saturated heterocycles. The van der Waals surface area contributed by atoms with Gasteiger partial charge in [0.15, 0.2) is 11.5 Å². The van der Waals surface area contributed by atoms with Crippen LogP contribution in [0, 0.1) is 0 Å². The molecule has 1 heterocycles. The van der Waals surface area contributed by atoms with Crippen LogP contribution in [0.1, 0.15) is 63.1 Å². The number of carbonyl (C=O) groups is 2. The Morgan fingerprint density at radius 1 is 0.921 bits per heavy atom. The lowest BCUT2D eigenvalue weighted by atomic mass is 9.95. The third kappa shape index (κ3) is 6.88. The van der Waals surface area contributed by atoms with Crippen molar-refractivity contribution in [3.05, 3.63) is 64.2 Å². The molecule has 0 bridgehead atoms. The molecule has 38 heavy (non-hydrogen) atoms. The van der Waals surface area contributed by atoms with Crippen molar-refractivity contribution >= 4 is 29.1 Å². The van der Waals surface area contributed by atoms with E-state index in [2.05, 4.69) is 18.7 Å². The van der Waals surface area contributed by atoms with Crippen molar-refractivity contribution in [2.24, 2.45) is 0 Å². The van der Waals surface area contributed by atoms with Gasteiger partial charge in [0.2, 0.25) is 0 Å². The van der Waals surface area contributed by atoms with Gasteiger partial charge in [-0.15, -0.1) is 0 Å². The lowest BCUT2D eigenvalue weighted by molar-refractivity contribution is -0.140. The summed E-state index contributed by atoms with van der Waals surface area (Å²) in [7, 11) is 3.08. The summed E-state index contributed by atoms with van der Waals surface area (Å²) in [6, 6.07) is 11.1. The Morgan fingerprint density at radius 3 is 2.11 bits per heavy atom. The van der Waals surface area contributed by atoms with Crippen molar-refractivity contribution in [3.8, 4) is 11.5 Å². The third-order valence-electron chi connectivity index (χ3n) is 6.91. The summed E-state index contributed by atoms with van der Waals surface area (Å²) < 4.78 is 10.9. The Kier molecular flexibility index (Phi) is 11.0. The van der Waals surface area contributed by atoms with E-state index in [0.717, 1.165) is 45.3 Å². The van der Waals surface area contributed by atoms with E-state index in [0.29, 0.717) is 40.6 Å². The predicted molar refractivity (Wildman–Crippen MR) is 151 cm³/mol. The van der Waals surface area contributed by atoms with Gasteiger partial charge in [0.1, 0.15) is 5.76 Å². The predicted octanol–water partition coefficient (Wildman–Crippen LogP) is 6.07. The van der Waals surface area contributed by atoms with Gasteiger partial charge in [-0.25, -0.2) is 0 Å². The molecule has 0 unspecified atom stereocenters. The first-order chi connectivity index (χ1) is 18.4. The quantitative estimate of drug-likeness (QED) is 0.177. The van der Waals surface area contributed by atoms with Crippen LogP contribution in [0.4, 0.5) is 0 Å². The van der Waals surface area contributed by atoms with E-state index in [1.807, 2.05) is 0 Å². The molecule has 1 aliphatic heterocycles. The van der Waals surface area contributed by atoms with Gasteiger partial charge < -0.3 is 24.4 Å². The Balaban J connectivity index is 1.98. The average molecular weight is 543 g/mol. The van der Waals surface area contributed by atoms with Crippen LogP contribution in [0.15, 0.2) is 48.0 Å². The van der Waals surface area contributed by atoms with Crippen LogP contribution in [-0.2, 0) is 9.59 Å². The van der Waals surface area contributed by atoms with Gasteiger partial charge in [0, 0.05) is 17.1 Å². The smallest absolute Gasteiger partial charge is 0.295 e. The lowest BCUT2D eigenvalue weighted by Gasteiger charge is -2.28. The number of aliphatic hydroxyl groups is 1. The highest BCUT2D eigenvalue weighted by molar-refractivity contribution is 6.46. The van der Waals surface area contributed by atoms with Gasteiger partial charge in [-0.1, -0.05) is 44.4 Å². The summed E-state index contributed by atoms with van der Waals surface area (Å²) in [5.74, 6) is -0.532. The second-order valence-electron chi connectivity index (χ2n) is 9.52. The Bertz CT molecular complexity index is 1120. The summed E-state index contributed by atoms with van der Waals surface area (Å²) in [5, 5.41) is 11.8. The number of benzene rings is 2. The molecular weight excluding hydrogens is 504 g/mol. The monoisotopic (exact) mass is 542 g/mol. The van der Waals surface area contributed by atoms with Crippen molar-refractivity contribution in [1.82, 2.24) is 9.80 Å². The van der Waals surface area contributed by atoms with Crippen molar-refractivity contribution in [2.75, 3.05) is 40.4 Å². The maximum absolute atomic E-state index is 13.3. The molecule has 1 N–H and O–H groups in total. The molecular formula is C30H39ClN2O5. The van der Waals surface area contributed by atoms with E-state index in [1.165, 1.54) is 7.11 Å². The molecule has 1 amide bonds. The number of carbonyl (C=O) groups excluding carboxylic acids is 2. The zero-order valence-corrected chi connectivity index (χ0v) is 23.6. The van der Waals surface area contributed by atoms with Gasteiger partial charge in [-0.2, -0.15) is 0 Å². The first kappa shape index (κ1) is 29.5. The van der Waals surface area contributed by atoms with E-state index in [1.54, 1.807) is 54.5 Å². The van der Waals surface area contributed by atoms with Crippen LogP contribution in [0.5, 0.6) is 11.5 Å². The molecule has 7 nitrogen and oxygen atoms in total. The fourth-order valence-electron chi connectivity index (χ4n) is 4.81. The van der Waals surface area contributed by atoms with Gasteiger partial charge in [0.25, 0.3) is 11.7 Å². The van der Waals surface area contributed by atoms with Gasteiger partial charge >= 0.3 is 0 Å². The summed E-state index contributed by atoms with van der Waals surface area (Å²) in [5.41, 5.74) is 1.13. The second-order valence-corrected chi connectivity index (χ2v) is 9.95. The van der Waals surface area contributed by atoms with Gasteiger partial charge in [0.05, 0.1) is 25.8 Å². The van der Waals surface area contributed by atoms with Crippen LogP contribution in [0.3, 0.4) is 0 Å². The van der Waals surface area contributed by atoms with E-state index >= 15 is 0 Å². The number of rotatable bonds is 14. The number of hydrogen-bond acceptors (Lipinski definition) is 6. The van der Waals surface area contributed by atoms with E-state index in [9.17, 15) is 14.7 Å². The Hall–Kier alpha value is -3.03.